The first-order valence-electron chi connectivity index (χ1n) is 6.24. The molecule has 1 aliphatic carbocycles. The Morgan fingerprint density at radius 2 is 2.00 bits per heavy atom. The molecule has 0 aromatic heterocycles. The SMILES string of the molecule is CC1Cc2cccc(C=C[Si](C)(C)C)c2C1=O. The summed E-state index contributed by atoms with van der Waals surface area (Å²) in [5.74, 6) is 0.474. The van der Waals surface area contributed by atoms with Gasteiger partial charge < -0.3 is 0 Å². The summed E-state index contributed by atoms with van der Waals surface area (Å²) in [7, 11) is -1.20. The van der Waals surface area contributed by atoms with Gasteiger partial charge in [-0.25, -0.2) is 0 Å². The monoisotopic (exact) mass is 244 g/mol. The molecule has 1 aliphatic rings. The highest BCUT2D eigenvalue weighted by Crippen LogP contribution is 2.30. The molecule has 0 amide bonds. The molecule has 1 nitrogen and oxygen atoms in total. The third-order valence-electron chi connectivity index (χ3n) is 3.17. The number of hydrogen-bond donors (Lipinski definition) is 0. The van der Waals surface area contributed by atoms with Crippen LogP contribution in [0.15, 0.2) is 23.9 Å². The Balaban J connectivity index is 2.42. The second-order valence-corrected chi connectivity index (χ2v) is 11.1. The van der Waals surface area contributed by atoms with Gasteiger partial charge in [-0.3, -0.25) is 4.79 Å². The minimum Gasteiger partial charge on any atom is -0.294 e. The average molecular weight is 244 g/mol. The van der Waals surface area contributed by atoms with Crippen LogP contribution >= 0.6 is 0 Å². The van der Waals surface area contributed by atoms with Gasteiger partial charge in [-0.2, -0.15) is 0 Å². The van der Waals surface area contributed by atoms with E-state index < -0.39 is 8.07 Å². The summed E-state index contributed by atoms with van der Waals surface area (Å²) in [6.45, 7) is 8.93. The minimum absolute atomic E-state index is 0.159. The zero-order valence-electron chi connectivity index (χ0n) is 11.1. The van der Waals surface area contributed by atoms with Crippen molar-refractivity contribution in [1.29, 1.82) is 0 Å². The molecule has 0 spiro atoms. The maximum absolute atomic E-state index is 12.1. The second kappa shape index (κ2) is 4.26. The third kappa shape index (κ3) is 2.58. The van der Waals surface area contributed by atoms with E-state index in [9.17, 15) is 4.79 Å². The van der Waals surface area contributed by atoms with Crippen LogP contribution in [0.4, 0.5) is 0 Å². The van der Waals surface area contributed by atoms with Gasteiger partial charge in [-0.15, -0.1) is 0 Å². The van der Waals surface area contributed by atoms with Crippen molar-refractivity contribution in [3.63, 3.8) is 0 Å². The molecule has 1 aromatic rings. The number of benzene rings is 1. The van der Waals surface area contributed by atoms with Gasteiger partial charge in [0.05, 0.1) is 8.07 Å². The van der Waals surface area contributed by atoms with Crippen LogP contribution in [0.2, 0.25) is 19.6 Å². The molecule has 90 valence electrons. The molecule has 0 radical (unpaired) electrons. The van der Waals surface area contributed by atoms with Crippen LogP contribution in [0.1, 0.15) is 28.4 Å². The summed E-state index contributed by atoms with van der Waals surface area (Å²) < 4.78 is 0. The van der Waals surface area contributed by atoms with Crippen molar-refractivity contribution in [3.05, 3.63) is 40.6 Å². The van der Waals surface area contributed by atoms with Gasteiger partial charge in [0.1, 0.15) is 0 Å². The van der Waals surface area contributed by atoms with Gasteiger partial charge in [-0.05, 0) is 17.5 Å². The lowest BCUT2D eigenvalue weighted by atomic mass is 10.0. The van der Waals surface area contributed by atoms with Gasteiger partial charge in [0, 0.05) is 11.5 Å². The highest BCUT2D eigenvalue weighted by atomic mass is 28.3. The van der Waals surface area contributed by atoms with E-state index in [2.05, 4.69) is 49.6 Å². The number of rotatable bonds is 2. The van der Waals surface area contributed by atoms with Gasteiger partial charge in [0.25, 0.3) is 0 Å². The molecule has 17 heavy (non-hydrogen) atoms. The standard InChI is InChI=1S/C15H20OSi/c1-11-10-13-7-5-6-12(14(13)15(11)16)8-9-17(2,3)4/h5-9,11H,10H2,1-4H3. The summed E-state index contributed by atoms with van der Waals surface area (Å²) in [4.78, 5) is 12.1. The number of Topliss-reactive ketones (excluding diaryl/α,β-unsaturated/α-hetero) is 1. The molecular formula is C15H20OSi. The van der Waals surface area contributed by atoms with Gasteiger partial charge in [-0.1, -0.05) is 56.5 Å². The van der Waals surface area contributed by atoms with Crippen LogP contribution in [0.3, 0.4) is 0 Å². The molecule has 0 N–H and O–H groups in total. The summed E-state index contributed by atoms with van der Waals surface area (Å²) in [5, 5.41) is 0. The van der Waals surface area contributed by atoms with Crippen LogP contribution in [-0.4, -0.2) is 13.9 Å². The summed E-state index contributed by atoms with van der Waals surface area (Å²) >= 11 is 0. The smallest absolute Gasteiger partial charge is 0.166 e. The first-order valence-corrected chi connectivity index (χ1v) is 9.81. The van der Waals surface area contributed by atoms with Gasteiger partial charge >= 0.3 is 0 Å². The van der Waals surface area contributed by atoms with Crippen LogP contribution in [-0.2, 0) is 6.42 Å². The van der Waals surface area contributed by atoms with Crippen molar-refractivity contribution in [2.75, 3.05) is 0 Å². The zero-order chi connectivity index (χ0) is 12.6. The Kier molecular flexibility index (Phi) is 3.08. The Morgan fingerprint density at radius 3 is 2.65 bits per heavy atom. The van der Waals surface area contributed by atoms with E-state index in [1.54, 1.807) is 0 Å². The van der Waals surface area contributed by atoms with Crippen molar-refractivity contribution < 1.29 is 4.79 Å². The van der Waals surface area contributed by atoms with E-state index >= 15 is 0 Å². The van der Waals surface area contributed by atoms with Crippen LogP contribution in [0.5, 0.6) is 0 Å². The molecule has 0 heterocycles. The lowest BCUT2D eigenvalue weighted by Gasteiger charge is -2.09. The molecule has 0 fully saturated rings. The lowest BCUT2D eigenvalue weighted by Crippen LogP contribution is -2.15. The summed E-state index contributed by atoms with van der Waals surface area (Å²) in [6.07, 6.45) is 3.06. The Hall–Kier alpha value is -1.15. The van der Waals surface area contributed by atoms with Crippen molar-refractivity contribution in [1.82, 2.24) is 0 Å². The molecule has 0 saturated heterocycles. The molecule has 2 heteroatoms. The number of hydrogen-bond acceptors (Lipinski definition) is 1. The topological polar surface area (TPSA) is 17.1 Å². The van der Waals surface area contributed by atoms with Gasteiger partial charge in [0.2, 0.25) is 0 Å². The van der Waals surface area contributed by atoms with E-state index in [0.717, 1.165) is 17.5 Å². The highest BCUT2D eigenvalue weighted by molar-refractivity contribution is 6.81. The fraction of sp³-hybridized carbons (Fsp3) is 0.400. The largest absolute Gasteiger partial charge is 0.294 e. The van der Waals surface area contributed by atoms with E-state index in [1.807, 2.05) is 6.92 Å². The first kappa shape index (κ1) is 12.3. The van der Waals surface area contributed by atoms with Crippen molar-refractivity contribution in [2.45, 2.75) is 33.0 Å². The lowest BCUT2D eigenvalue weighted by molar-refractivity contribution is 0.0946. The fourth-order valence-corrected chi connectivity index (χ4v) is 2.92. The molecule has 0 aliphatic heterocycles. The molecule has 0 bridgehead atoms. The average Bonchev–Trinajstić information content (AvgIpc) is 2.52. The fourth-order valence-electron chi connectivity index (χ4n) is 2.24. The highest BCUT2D eigenvalue weighted by Gasteiger charge is 2.28. The van der Waals surface area contributed by atoms with Crippen LogP contribution < -0.4 is 0 Å². The Bertz CT molecular complexity index is 480. The number of carbonyl (C=O) groups is 1. The van der Waals surface area contributed by atoms with Crippen molar-refractivity contribution in [2.24, 2.45) is 5.92 Å². The van der Waals surface area contributed by atoms with E-state index in [-0.39, 0.29) is 5.92 Å². The minimum atomic E-state index is -1.20. The van der Waals surface area contributed by atoms with Gasteiger partial charge in [0.15, 0.2) is 5.78 Å². The number of carbonyl (C=O) groups excluding carboxylic acids is 1. The summed E-state index contributed by atoms with van der Waals surface area (Å²) in [5.41, 5.74) is 5.60. The van der Waals surface area contributed by atoms with E-state index in [1.165, 1.54) is 5.56 Å². The van der Waals surface area contributed by atoms with Crippen LogP contribution in [0.25, 0.3) is 6.08 Å². The summed E-state index contributed by atoms with van der Waals surface area (Å²) in [6, 6.07) is 6.21. The van der Waals surface area contributed by atoms with Crippen molar-refractivity contribution >= 4 is 19.9 Å². The maximum atomic E-state index is 12.1. The first-order chi connectivity index (χ1) is 7.88. The van der Waals surface area contributed by atoms with Crippen LogP contribution in [0, 0.1) is 5.92 Å². The normalized spacial score (nSPS) is 20.0. The Labute approximate surface area is 105 Å². The molecular weight excluding hydrogens is 224 g/mol. The Morgan fingerprint density at radius 1 is 1.29 bits per heavy atom. The molecule has 1 unspecified atom stereocenters. The molecule has 1 atom stereocenters. The number of fused-ring (bicyclic) bond motifs is 1. The zero-order valence-corrected chi connectivity index (χ0v) is 12.1. The second-order valence-electron chi connectivity index (χ2n) is 6.05. The molecule has 2 rings (SSSR count). The third-order valence-corrected chi connectivity index (χ3v) is 4.33. The molecule has 0 saturated carbocycles. The maximum Gasteiger partial charge on any atom is 0.166 e. The number of ketones is 1. The van der Waals surface area contributed by atoms with Crippen molar-refractivity contribution in [3.8, 4) is 0 Å². The predicted octanol–water partition coefficient (Wildman–Crippen LogP) is 3.95. The van der Waals surface area contributed by atoms with E-state index in [4.69, 9.17) is 0 Å². The van der Waals surface area contributed by atoms with E-state index in [0.29, 0.717) is 5.78 Å². The predicted molar refractivity (Wildman–Crippen MR) is 76.0 cm³/mol. The quantitative estimate of drug-likeness (QED) is 0.720. The molecule has 1 aromatic carbocycles.